The minimum absolute atomic E-state index is 0.147. The molecule has 0 fully saturated rings. The third kappa shape index (κ3) is 3.74. The van der Waals surface area contributed by atoms with E-state index >= 15 is 0 Å². The van der Waals surface area contributed by atoms with Crippen molar-refractivity contribution in [1.82, 2.24) is 4.83 Å². The molecule has 3 rings (SSSR count). The van der Waals surface area contributed by atoms with Gasteiger partial charge in [-0.3, -0.25) is 4.79 Å². The molecule has 6 nitrogen and oxygen atoms in total. The zero-order valence-electron chi connectivity index (χ0n) is 13.9. The molecule has 0 saturated heterocycles. The van der Waals surface area contributed by atoms with Crippen LogP contribution in [0.15, 0.2) is 45.7 Å². The lowest BCUT2D eigenvalue weighted by atomic mass is 9.87. The molecule has 0 saturated carbocycles. The highest BCUT2D eigenvalue weighted by molar-refractivity contribution is 7.89. The van der Waals surface area contributed by atoms with Crippen molar-refractivity contribution in [2.45, 2.75) is 24.7 Å². The summed E-state index contributed by atoms with van der Waals surface area (Å²) in [6.07, 6.45) is 0.922. The van der Waals surface area contributed by atoms with Gasteiger partial charge in [0, 0.05) is 6.42 Å². The zero-order chi connectivity index (χ0) is 18.0. The van der Waals surface area contributed by atoms with Crippen LogP contribution in [0.1, 0.15) is 22.4 Å². The second-order valence-electron chi connectivity index (χ2n) is 5.87. The van der Waals surface area contributed by atoms with Gasteiger partial charge in [0.05, 0.1) is 28.5 Å². The maximum Gasteiger partial charge on any atom is 0.309 e. The SMILES string of the molecule is COC(=O)[C@@H]1C/C(=N/NS(=O)(=O)c2ccc(C)cc2)c2sccc2C1. The van der Waals surface area contributed by atoms with Gasteiger partial charge in [-0.2, -0.15) is 18.4 Å². The Bertz CT molecular complexity index is 914. The van der Waals surface area contributed by atoms with E-state index in [-0.39, 0.29) is 16.8 Å². The van der Waals surface area contributed by atoms with E-state index in [1.807, 2.05) is 18.4 Å². The van der Waals surface area contributed by atoms with E-state index in [0.29, 0.717) is 18.6 Å². The summed E-state index contributed by atoms with van der Waals surface area (Å²) in [5.74, 6) is -0.666. The molecule has 1 aliphatic carbocycles. The number of nitrogens with zero attached hydrogens (tertiary/aromatic N) is 1. The lowest BCUT2D eigenvalue weighted by molar-refractivity contribution is -0.145. The maximum absolute atomic E-state index is 12.4. The summed E-state index contributed by atoms with van der Waals surface area (Å²) >= 11 is 1.49. The predicted octanol–water partition coefficient (Wildman–Crippen LogP) is 2.47. The number of carbonyl (C=O) groups is 1. The Morgan fingerprint density at radius 3 is 2.64 bits per heavy atom. The highest BCUT2D eigenvalue weighted by Gasteiger charge is 2.30. The van der Waals surface area contributed by atoms with Gasteiger partial charge < -0.3 is 4.74 Å². The van der Waals surface area contributed by atoms with Crippen molar-refractivity contribution in [2.75, 3.05) is 7.11 Å². The Kier molecular flexibility index (Phi) is 4.91. The molecule has 0 unspecified atom stereocenters. The van der Waals surface area contributed by atoms with Crippen molar-refractivity contribution in [1.29, 1.82) is 0 Å². The highest BCUT2D eigenvalue weighted by Crippen LogP contribution is 2.30. The molecule has 132 valence electrons. The molecule has 0 spiro atoms. The molecular weight excluding hydrogens is 360 g/mol. The van der Waals surface area contributed by atoms with Crippen LogP contribution >= 0.6 is 11.3 Å². The van der Waals surface area contributed by atoms with Crippen molar-refractivity contribution in [3.05, 3.63) is 51.7 Å². The lowest BCUT2D eigenvalue weighted by Gasteiger charge is -2.21. The van der Waals surface area contributed by atoms with Gasteiger partial charge in [-0.25, -0.2) is 0 Å². The van der Waals surface area contributed by atoms with Crippen molar-refractivity contribution < 1.29 is 17.9 Å². The van der Waals surface area contributed by atoms with Crippen molar-refractivity contribution in [2.24, 2.45) is 11.0 Å². The largest absolute Gasteiger partial charge is 0.469 e. The number of hydrogen-bond donors (Lipinski definition) is 1. The standard InChI is InChI=1S/C17H18N2O4S2/c1-11-3-5-14(6-4-11)25(21,22)19-18-15-10-13(17(20)23-2)9-12-7-8-24-16(12)15/h3-8,13,19H,9-10H2,1-2H3/b18-15-/t13-/m0/s1. The Morgan fingerprint density at radius 1 is 1.24 bits per heavy atom. The van der Waals surface area contributed by atoms with Gasteiger partial charge in [0.2, 0.25) is 0 Å². The van der Waals surface area contributed by atoms with E-state index in [4.69, 9.17) is 4.74 Å². The number of hydrogen-bond acceptors (Lipinski definition) is 6. The third-order valence-electron chi connectivity index (χ3n) is 4.08. The molecule has 0 radical (unpaired) electrons. The van der Waals surface area contributed by atoms with Crippen molar-refractivity contribution in [3.8, 4) is 0 Å². The van der Waals surface area contributed by atoms with E-state index in [9.17, 15) is 13.2 Å². The minimum Gasteiger partial charge on any atom is -0.469 e. The molecule has 0 bridgehead atoms. The Hall–Kier alpha value is -2.19. The van der Waals surface area contributed by atoms with Crippen LogP contribution in [0, 0.1) is 12.8 Å². The van der Waals surface area contributed by atoms with Gasteiger partial charge >= 0.3 is 5.97 Å². The molecule has 1 atom stereocenters. The van der Waals surface area contributed by atoms with E-state index in [2.05, 4.69) is 9.93 Å². The van der Waals surface area contributed by atoms with Crippen LogP contribution in [0.3, 0.4) is 0 Å². The normalized spacial score (nSPS) is 18.6. The number of benzene rings is 1. The molecule has 25 heavy (non-hydrogen) atoms. The number of aryl methyl sites for hydroxylation is 1. The molecule has 1 aromatic carbocycles. The van der Waals surface area contributed by atoms with Crippen molar-refractivity contribution in [3.63, 3.8) is 0 Å². The Labute approximate surface area is 150 Å². The summed E-state index contributed by atoms with van der Waals surface area (Å²) in [5.41, 5.74) is 2.52. The maximum atomic E-state index is 12.4. The first-order chi connectivity index (χ1) is 11.9. The fourth-order valence-corrected chi connectivity index (χ4v) is 4.49. The van der Waals surface area contributed by atoms with E-state index < -0.39 is 10.0 Å². The number of nitrogens with one attached hydrogen (secondary N) is 1. The van der Waals surface area contributed by atoms with Crippen LogP contribution in [-0.2, 0) is 26.0 Å². The summed E-state index contributed by atoms with van der Waals surface area (Å²) in [7, 11) is -2.40. The first kappa shape index (κ1) is 17.6. The number of thiophene rings is 1. The second-order valence-corrected chi connectivity index (χ2v) is 8.45. The summed E-state index contributed by atoms with van der Waals surface area (Å²) in [5, 5.41) is 6.03. The van der Waals surface area contributed by atoms with Crippen molar-refractivity contribution >= 4 is 33.0 Å². The third-order valence-corrected chi connectivity index (χ3v) is 6.31. The number of ether oxygens (including phenoxy) is 1. The summed E-state index contributed by atoms with van der Waals surface area (Å²) in [6, 6.07) is 8.46. The monoisotopic (exact) mass is 378 g/mol. The van der Waals surface area contributed by atoms with Gasteiger partial charge in [0.15, 0.2) is 0 Å². The number of methoxy groups -OCH3 is 1. The van der Waals surface area contributed by atoms with Gasteiger partial charge in [0.25, 0.3) is 10.0 Å². The predicted molar refractivity (Wildman–Crippen MR) is 96.2 cm³/mol. The first-order valence-corrected chi connectivity index (χ1v) is 10.1. The average molecular weight is 378 g/mol. The molecule has 2 aromatic rings. The molecule has 1 heterocycles. The number of sulfonamides is 1. The van der Waals surface area contributed by atoms with E-state index in [1.54, 1.807) is 12.1 Å². The molecule has 8 heteroatoms. The number of fused-ring (bicyclic) bond motifs is 1. The average Bonchev–Trinajstić information content (AvgIpc) is 3.08. The van der Waals surface area contributed by atoms with Crippen LogP contribution in [-0.4, -0.2) is 27.2 Å². The fraction of sp³-hybridized carbons (Fsp3) is 0.294. The molecular formula is C17H18N2O4S2. The Morgan fingerprint density at radius 2 is 1.96 bits per heavy atom. The van der Waals surface area contributed by atoms with Gasteiger partial charge in [-0.15, -0.1) is 11.3 Å². The van der Waals surface area contributed by atoms with Gasteiger partial charge in [-0.05, 0) is 42.5 Å². The number of carbonyl (C=O) groups excluding carboxylic acids is 1. The first-order valence-electron chi connectivity index (χ1n) is 7.70. The molecule has 0 amide bonds. The lowest BCUT2D eigenvalue weighted by Crippen LogP contribution is -2.29. The van der Waals surface area contributed by atoms with Crippen LogP contribution < -0.4 is 4.83 Å². The molecule has 1 N–H and O–H groups in total. The minimum atomic E-state index is -3.75. The number of hydrazone groups is 1. The van der Waals surface area contributed by atoms with Gasteiger partial charge in [-0.1, -0.05) is 17.7 Å². The number of esters is 1. The zero-order valence-corrected chi connectivity index (χ0v) is 15.5. The van der Waals surface area contributed by atoms with E-state index in [1.165, 1.54) is 30.6 Å². The number of rotatable bonds is 4. The van der Waals surface area contributed by atoms with Crippen LogP contribution in [0.5, 0.6) is 0 Å². The summed E-state index contributed by atoms with van der Waals surface area (Å²) in [4.78, 5) is 15.2. The van der Waals surface area contributed by atoms with Crippen LogP contribution in [0.25, 0.3) is 0 Å². The quantitative estimate of drug-likeness (QED) is 0.654. The van der Waals surface area contributed by atoms with Gasteiger partial charge in [0.1, 0.15) is 0 Å². The molecule has 1 aliphatic rings. The van der Waals surface area contributed by atoms with Crippen LogP contribution in [0.2, 0.25) is 0 Å². The second kappa shape index (κ2) is 6.97. The molecule has 0 aliphatic heterocycles. The van der Waals surface area contributed by atoms with Crippen LogP contribution in [0.4, 0.5) is 0 Å². The fourth-order valence-electron chi connectivity index (χ4n) is 2.73. The highest BCUT2D eigenvalue weighted by atomic mass is 32.2. The topological polar surface area (TPSA) is 84.8 Å². The Balaban J connectivity index is 1.87. The summed E-state index contributed by atoms with van der Waals surface area (Å²) in [6.45, 7) is 1.89. The molecule has 1 aromatic heterocycles. The smallest absolute Gasteiger partial charge is 0.309 e. The summed E-state index contributed by atoms with van der Waals surface area (Å²) < 4.78 is 29.6. The van der Waals surface area contributed by atoms with E-state index in [0.717, 1.165) is 16.0 Å².